The van der Waals surface area contributed by atoms with E-state index in [1.54, 1.807) is 14.2 Å². The summed E-state index contributed by atoms with van der Waals surface area (Å²) in [6.45, 7) is 18.0. The van der Waals surface area contributed by atoms with Crippen LogP contribution in [0.1, 0.15) is 128 Å². The molecule has 382 valence electrons. The molecule has 0 saturated heterocycles. The molecular weight excluding hydrogens is 962 g/mol. The molecule has 14 heteroatoms. The molecule has 0 radical (unpaired) electrons. The van der Waals surface area contributed by atoms with Gasteiger partial charge in [0.15, 0.2) is 0 Å². The largest absolute Gasteiger partial charge is 0.492 e. The van der Waals surface area contributed by atoms with Crippen LogP contribution in [-0.2, 0) is 54.8 Å². The average Bonchev–Trinajstić information content (AvgIpc) is 4.08. The number of alkyl halides is 2. The van der Waals surface area contributed by atoms with Gasteiger partial charge >= 0.3 is 5.97 Å². The van der Waals surface area contributed by atoms with Crippen molar-refractivity contribution in [2.75, 3.05) is 60.2 Å². The van der Waals surface area contributed by atoms with Crippen molar-refractivity contribution in [3.05, 3.63) is 89.4 Å². The van der Waals surface area contributed by atoms with Crippen molar-refractivity contribution in [2.24, 2.45) is 0 Å². The molecule has 0 spiro atoms. The molecule has 7 rings (SSSR count). The minimum absolute atomic E-state index is 0.198. The van der Waals surface area contributed by atoms with Gasteiger partial charge in [0.2, 0.25) is 0 Å². The Kier molecular flexibility index (Phi) is 25.9. The van der Waals surface area contributed by atoms with Gasteiger partial charge < -0.3 is 33.1 Å². The fraction of sp³-hybridized carbons (Fsp3) is 0.545. The smallest absolute Gasteiger partial charge is 0.319 e. The van der Waals surface area contributed by atoms with Crippen LogP contribution in [0.2, 0.25) is 0 Å². The molecule has 0 aliphatic carbocycles. The first-order valence-corrected chi connectivity index (χ1v) is 26.4. The lowest BCUT2D eigenvalue weighted by atomic mass is 10.00. The Labute approximate surface area is 424 Å². The van der Waals surface area contributed by atoms with Crippen LogP contribution in [0.4, 0.5) is 0 Å². The van der Waals surface area contributed by atoms with Gasteiger partial charge in [-0.15, -0.1) is 11.6 Å². The number of unbranched alkanes of at least 4 members (excludes halogenated alkanes) is 1. The third-order valence-electron chi connectivity index (χ3n) is 12.3. The molecule has 3 atom stereocenters. The second-order valence-electron chi connectivity index (χ2n) is 16.6. The van der Waals surface area contributed by atoms with E-state index in [1.165, 1.54) is 69.5 Å². The number of halogens is 2. The number of ether oxygens (including phenoxy) is 4. The van der Waals surface area contributed by atoms with Crippen molar-refractivity contribution < 1.29 is 43.3 Å². The van der Waals surface area contributed by atoms with Crippen molar-refractivity contribution in [3.63, 3.8) is 0 Å². The van der Waals surface area contributed by atoms with Crippen molar-refractivity contribution >= 4 is 66.2 Å². The summed E-state index contributed by atoms with van der Waals surface area (Å²) in [4.78, 5) is 34.0. The lowest BCUT2D eigenvalue weighted by Crippen LogP contribution is -2.22. The molecule has 0 amide bonds. The Hall–Kier alpha value is -4.24. The predicted molar refractivity (Wildman–Crippen MR) is 285 cm³/mol. The molecule has 3 aromatic carbocycles. The number of H-pyrrole nitrogens is 1. The number of carbonyl (C=O) groups excluding carboxylic acids is 1. The summed E-state index contributed by atoms with van der Waals surface area (Å²) in [7, 11) is 4.51. The quantitative estimate of drug-likeness (QED) is 0.0290. The Balaban J connectivity index is 0.000000210. The van der Waals surface area contributed by atoms with Crippen LogP contribution in [0.15, 0.2) is 67.0 Å². The molecule has 1 aliphatic heterocycles. The number of fused-ring (bicyclic) bond motifs is 5. The number of hydrogen-bond acceptors (Lipinski definition) is 9. The zero-order valence-corrected chi connectivity index (χ0v) is 45.3. The molecule has 3 unspecified atom stereocenters. The maximum atomic E-state index is 10.7. The van der Waals surface area contributed by atoms with E-state index in [0.717, 1.165) is 80.6 Å². The molecule has 0 bridgehead atoms. The highest BCUT2D eigenvalue weighted by atomic mass is 79.9. The van der Waals surface area contributed by atoms with Gasteiger partial charge in [-0.25, -0.2) is 19.6 Å². The number of rotatable bonds is 23. The summed E-state index contributed by atoms with van der Waals surface area (Å²) in [6.07, 6.45) is 15.8. The monoisotopic (exact) mass is 1040 g/mol. The van der Waals surface area contributed by atoms with Crippen LogP contribution in [-0.4, -0.2) is 85.2 Å². The minimum Gasteiger partial charge on any atom is -0.492 e. The van der Waals surface area contributed by atoms with Gasteiger partial charge in [0.1, 0.15) is 35.3 Å². The normalized spacial score (nSPS) is 13.9. The molecule has 0 saturated carbocycles. The van der Waals surface area contributed by atoms with E-state index < -0.39 is 0 Å². The molecule has 4 heterocycles. The van der Waals surface area contributed by atoms with E-state index >= 15 is 0 Å². The number of nitrogens with one attached hydrogen (secondary N) is 1. The highest BCUT2D eigenvalue weighted by molar-refractivity contribution is 9.10. The molecule has 12 nitrogen and oxygen atoms in total. The first kappa shape index (κ1) is 57.3. The van der Waals surface area contributed by atoms with Crippen LogP contribution in [0.3, 0.4) is 0 Å². The fourth-order valence-corrected chi connectivity index (χ4v) is 9.73. The molecular formula is C55H79BrClN3O9. The van der Waals surface area contributed by atoms with Crippen LogP contribution in [0.25, 0.3) is 32.7 Å². The van der Waals surface area contributed by atoms with Gasteiger partial charge in [0, 0.05) is 40.1 Å². The van der Waals surface area contributed by atoms with Gasteiger partial charge in [-0.05, 0) is 113 Å². The van der Waals surface area contributed by atoms with Gasteiger partial charge in [0.25, 0.3) is 0 Å². The number of nitrogens with zero attached hydrogens (tertiary/aromatic N) is 2. The number of hydrogen-bond donors (Lipinski definition) is 1. The number of methoxy groups -OCH3 is 1. The number of carbonyl (C=O) groups is 1. The number of esters is 1. The SMILES string of the molecule is CCCCC(COOC)n1cc(CC)c2cccc(OCC)c21.CCOc1cccc2c(CC)c3n(c12)C(COOC)CCC3.CCOc1cccc2c(CC)c[nH]c12.COC(=O)C(Br)CCCCl. The number of aromatic nitrogens is 3. The summed E-state index contributed by atoms with van der Waals surface area (Å²) >= 11 is 8.59. The predicted octanol–water partition coefficient (Wildman–Crippen LogP) is 14.0. The van der Waals surface area contributed by atoms with E-state index in [2.05, 4.69) is 117 Å². The number of benzene rings is 3. The van der Waals surface area contributed by atoms with E-state index in [4.69, 9.17) is 45.4 Å². The van der Waals surface area contributed by atoms with Crippen LogP contribution in [0.5, 0.6) is 17.2 Å². The van der Waals surface area contributed by atoms with Gasteiger partial charge in [0.05, 0.1) is 69.8 Å². The molecule has 69 heavy (non-hydrogen) atoms. The van der Waals surface area contributed by atoms with Crippen molar-refractivity contribution in [1.82, 2.24) is 14.1 Å². The Morgan fingerprint density at radius 3 is 1.97 bits per heavy atom. The second-order valence-corrected chi connectivity index (χ2v) is 18.1. The number of aromatic amines is 1. The Morgan fingerprint density at radius 2 is 1.38 bits per heavy atom. The van der Waals surface area contributed by atoms with E-state index in [1.807, 2.05) is 32.9 Å². The summed E-state index contributed by atoms with van der Waals surface area (Å²) in [5.41, 5.74) is 9.11. The number of aryl methyl sites for hydroxylation is 3. The first-order valence-electron chi connectivity index (χ1n) is 25.0. The standard InChI is InChI=1S/C19H29NO3.C18H25NO3.C12H15NO.C6H10BrClO2/c1-5-8-10-16(14-23-21-4)20-13-15(6-2)17-11-9-12-18(19(17)20)22-7-3;1-4-14-15-9-7-11-17(21-5-2)18(15)19-13(12-22-20-3)8-6-10-16(14)19;1-3-9-8-13-12-10(9)6-5-7-11(12)14-4-2;1-10-6(9)5(7)3-2-4-8/h9,11-13,16H,5-8,10,14H2,1-4H3;7,9,11,13H,4-6,8,10,12H2,1-3H3;5-8,13H,3-4H2,1-2H3;5H,2-4H2,1H3. The molecule has 1 N–H and O–H groups in total. The molecule has 1 aliphatic rings. The van der Waals surface area contributed by atoms with Crippen molar-refractivity contribution in [3.8, 4) is 17.2 Å². The minimum atomic E-state index is -0.231. The van der Waals surface area contributed by atoms with Crippen LogP contribution < -0.4 is 14.2 Å². The van der Waals surface area contributed by atoms with Crippen LogP contribution in [0, 0.1) is 0 Å². The zero-order valence-electron chi connectivity index (χ0n) is 42.9. The summed E-state index contributed by atoms with van der Waals surface area (Å²) in [6, 6.07) is 19.4. The maximum absolute atomic E-state index is 10.7. The second kappa shape index (κ2) is 31.2. The highest BCUT2D eigenvalue weighted by Gasteiger charge is 2.28. The first-order chi connectivity index (χ1) is 33.7. The molecule has 3 aromatic heterocycles. The van der Waals surface area contributed by atoms with Crippen LogP contribution >= 0.6 is 27.5 Å². The summed E-state index contributed by atoms with van der Waals surface area (Å²) in [5, 5.41) is 3.88. The topological polar surface area (TPSA) is 117 Å². The Morgan fingerprint density at radius 1 is 0.754 bits per heavy atom. The molecule has 6 aromatic rings. The zero-order chi connectivity index (χ0) is 50.1. The summed E-state index contributed by atoms with van der Waals surface area (Å²) in [5.74, 6) is 3.22. The lowest BCUT2D eigenvalue weighted by Gasteiger charge is -2.27. The number of para-hydroxylation sites is 3. The van der Waals surface area contributed by atoms with Crippen molar-refractivity contribution in [2.45, 2.75) is 136 Å². The van der Waals surface area contributed by atoms with Crippen molar-refractivity contribution in [1.29, 1.82) is 0 Å². The third kappa shape index (κ3) is 15.4. The fourth-order valence-electron chi connectivity index (χ4n) is 9.07. The lowest BCUT2D eigenvalue weighted by molar-refractivity contribution is -0.278. The van der Waals surface area contributed by atoms with E-state index in [0.29, 0.717) is 45.0 Å². The average molecular weight is 1040 g/mol. The molecule has 0 fully saturated rings. The Bertz CT molecular complexity index is 2400. The summed E-state index contributed by atoms with van der Waals surface area (Å²) < 4.78 is 26.6. The van der Waals surface area contributed by atoms with Gasteiger partial charge in [-0.1, -0.05) is 92.9 Å². The highest BCUT2D eigenvalue weighted by Crippen LogP contribution is 2.40. The van der Waals surface area contributed by atoms with Gasteiger partial charge in [-0.2, -0.15) is 0 Å². The van der Waals surface area contributed by atoms with E-state index in [9.17, 15) is 4.79 Å². The van der Waals surface area contributed by atoms with E-state index in [-0.39, 0.29) is 16.8 Å². The van der Waals surface area contributed by atoms with Gasteiger partial charge in [-0.3, -0.25) is 4.79 Å². The third-order valence-corrected chi connectivity index (χ3v) is 13.4. The maximum Gasteiger partial charge on any atom is 0.319 e.